The molecular weight excluding hydrogens is 372 g/mol. The number of halogens is 1. The van der Waals surface area contributed by atoms with E-state index in [0.29, 0.717) is 22.8 Å². The van der Waals surface area contributed by atoms with Gasteiger partial charge >= 0.3 is 0 Å². The van der Waals surface area contributed by atoms with Crippen molar-refractivity contribution in [1.82, 2.24) is 20.1 Å². The fourth-order valence-corrected chi connectivity index (χ4v) is 3.39. The second-order valence-electron chi connectivity index (χ2n) is 6.64. The molecule has 4 rings (SSSR count). The first kappa shape index (κ1) is 18.2. The monoisotopic (exact) mass is 390 g/mol. The maximum atomic E-state index is 13.0. The van der Waals surface area contributed by atoms with E-state index in [1.165, 1.54) is 0 Å². The smallest absolute Gasteiger partial charge is 0.252 e. The molecule has 0 saturated carbocycles. The molecule has 5 nitrogen and oxygen atoms in total. The van der Waals surface area contributed by atoms with Crippen LogP contribution in [-0.4, -0.2) is 20.7 Å². The normalized spacial score (nSPS) is 11.0. The molecule has 1 amide bonds. The summed E-state index contributed by atoms with van der Waals surface area (Å²) >= 11 is 5.93. The summed E-state index contributed by atoms with van der Waals surface area (Å²) in [5, 5.41) is 8.90. The highest BCUT2D eigenvalue weighted by Crippen LogP contribution is 2.26. The first-order valence-corrected chi connectivity index (χ1v) is 9.33. The molecule has 28 heavy (non-hydrogen) atoms. The molecule has 0 aliphatic heterocycles. The molecule has 2 aromatic heterocycles. The maximum absolute atomic E-state index is 13.0. The SMILES string of the molecule is Cc1nn(C)c2nc(-c3ccccc3)cc(C(=O)NCc3ccc(Cl)cc3)c12. The summed E-state index contributed by atoms with van der Waals surface area (Å²) in [6.45, 7) is 2.31. The Labute approximate surface area is 168 Å². The Bertz CT molecular complexity index is 1150. The Morgan fingerprint density at radius 3 is 2.54 bits per heavy atom. The minimum Gasteiger partial charge on any atom is -0.348 e. The molecule has 2 aromatic carbocycles. The van der Waals surface area contributed by atoms with Crippen LogP contribution in [0.4, 0.5) is 0 Å². The summed E-state index contributed by atoms with van der Waals surface area (Å²) in [4.78, 5) is 17.8. The number of pyridine rings is 1. The van der Waals surface area contributed by atoms with E-state index in [1.54, 1.807) is 4.68 Å². The number of benzene rings is 2. The summed E-state index contributed by atoms with van der Waals surface area (Å²) in [5.41, 5.74) is 4.72. The molecule has 2 heterocycles. The van der Waals surface area contributed by atoms with E-state index >= 15 is 0 Å². The van der Waals surface area contributed by atoms with Crippen LogP contribution in [0.15, 0.2) is 60.7 Å². The minimum atomic E-state index is -0.157. The van der Waals surface area contributed by atoms with Gasteiger partial charge in [-0.15, -0.1) is 0 Å². The summed E-state index contributed by atoms with van der Waals surface area (Å²) in [5.74, 6) is -0.157. The van der Waals surface area contributed by atoms with E-state index in [1.807, 2.05) is 74.6 Å². The maximum Gasteiger partial charge on any atom is 0.252 e. The number of rotatable bonds is 4. The van der Waals surface area contributed by atoms with Crippen molar-refractivity contribution in [1.29, 1.82) is 0 Å². The van der Waals surface area contributed by atoms with Crippen LogP contribution in [0.3, 0.4) is 0 Å². The standard InChI is InChI=1S/C22H19ClN4O/c1-14-20-18(22(28)24-13-15-8-10-17(23)11-9-15)12-19(16-6-4-3-5-7-16)25-21(20)27(2)26-14/h3-12H,13H2,1-2H3,(H,24,28). The Kier molecular flexibility index (Phi) is 4.84. The summed E-state index contributed by atoms with van der Waals surface area (Å²) in [6, 6.07) is 19.1. The molecule has 6 heteroatoms. The predicted octanol–water partition coefficient (Wildman–Crippen LogP) is 4.53. The molecule has 0 atom stereocenters. The van der Waals surface area contributed by atoms with E-state index in [4.69, 9.17) is 16.6 Å². The van der Waals surface area contributed by atoms with Gasteiger partial charge in [-0.2, -0.15) is 5.10 Å². The van der Waals surface area contributed by atoms with Gasteiger partial charge < -0.3 is 5.32 Å². The molecule has 0 saturated heterocycles. The molecule has 0 unspecified atom stereocenters. The number of hydrogen-bond acceptors (Lipinski definition) is 3. The number of aryl methyl sites for hydroxylation is 2. The molecule has 0 aliphatic rings. The van der Waals surface area contributed by atoms with Crippen molar-refractivity contribution >= 4 is 28.5 Å². The van der Waals surface area contributed by atoms with Crippen molar-refractivity contribution in [2.75, 3.05) is 0 Å². The number of fused-ring (bicyclic) bond motifs is 1. The highest BCUT2D eigenvalue weighted by Gasteiger charge is 2.19. The molecule has 0 spiro atoms. The van der Waals surface area contributed by atoms with E-state index in [-0.39, 0.29) is 5.91 Å². The zero-order valence-electron chi connectivity index (χ0n) is 15.6. The van der Waals surface area contributed by atoms with Crippen molar-refractivity contribution in [2.45, 2.75) is 13.5 Å². The fourth-order valence-electron chi connectivity index (χ4n) is 3.26. The van der Waals surface area contributed by atoms with Gasteiger partial charge in [-0.25, -0.2) is 4.98 Å². The van der Waals surface area contributed by atoms with Crippen molar-refractivity contribution in [3.8, 4) is 11.3 Å². The lowest BCUT2D eigenvalue weighted by Crippen LogP contribution is -2.23. The molecule has 140 valence electrons. The Morgan fingerprint density at radius 1 is 1.11 bits per heavy atom. The average Bonchev–Trinajstić information content (AvgIpc) is 3.01. The molecule has 0 radical (unpaired) electrons. The van der Waals surface area contributed by atoms with Gasteiger partial charge in [0.25, 0.3) is 5.91 Å². The van der Waals surface area contributed by atoms with E-state index < -0.39 is 0 Å². The average molecular weight is 391 g/mol. The van der Waals surface area contributed by atoms with E-state index in [2.05, 4.69) is 10.4 Å². The summed E-state index contributed by atoms with van der Waals surface area (Å²) < 4.78 is 1.72. The van der Waals surface area contributed by atoms with Gasteiger partial charge in [-0.05, 0) is 30.7 Å². The fraction of sp³-hybridized carbons (Fsp3) is 0.136. The Hall–Kier alpha value is -3.18. The van der Waals surface area contributed by atoms with Crippen molar-refractivity contribution < 1.29 is 4.79 Å². The van der Waals surface area contributed by atoms with Gasteiger partial charge in [0.2, 0.25) is 0 Å². The first-order chi connectivity index (χ1) is 13.5. The van der Waals surface area contributed by atoms with Crippen LogP contribution in [0.25, 0.3) is 22.3 Å². The number of hydrogen-bond donors (Lipinski definition) is 1. The second kappa shape index (κ2) is 7.44. The van der Waals surface area contributed by atoms with E-state index in [0.717, 1.165) is 27.9 Å². The third kappa shape index (κ3) is 3.49. The summed E-state index contributed by atoms with van der Waals surface area (Å²) in [7, 11) is 1.84. The van der Waals surface area contributed by atoms with E-state index in [9.17, 15) is 4.79 Å². The number of nitrogens with zero attached hydrogens (tertiary/aromatic N) is 3. The number of carbonyl (C=O) groups excluding carboxylic acids is 1. The predicted molar refractivity (Wildman–Crippen MR) is 111 cm³/mol. The van der Waals surface area contributed by atoms with Crippen LogP contribution in [-0.2, 0) is 13.6 Å². The third-order valence-corrected chi connectivity index (χ3v) is 4.90. The van der Waals surface area contributed by atoms with Crippen LogP contribution < -0.4 is 5.32 Å². The zero-order valence-corrected chi connectivity index (χ0v) is 16.4. The van der Waals surface area contributed by atoms with Crippen LogP contribution in [0.1, 0.15) is 21.6 Å². The van der Waals surface area contributed by atoms with Crippen LogP contribution in [0.5, 0.6) is 0 Å². The largest absolute Gasteiger partial charge is 0.348 e. The zero-order chi connectivity index (χ0) is 19.7. The lowest BCUT2D eigenvalue weighted by molar-refractivity contribution is 0.0952. The molecule has 4 aromatic rings. The Balaban J connectivity index is 1.73. The van der Waals surface area contributed by atoms with Crippen LogP contribution >= 0.6 is 11.6 Å². The lowest BCUT2D eigenvalue weighted by Gasteiger charge is -2.10. The van der Waals surface area contributed by atoms with Crippen LogP contribution in [0.2, 0.25) is 5.02 Å². The molecule has 1 N–H and O–H groups in total. The molecule has 0 bridgehead atoms. The third-order valence-electron chi connectivity index (χ3n) is 4.65. The molecular formula is C22H19ClN4O. The van der Waals surface area contributed by atoms with Crippen LogP contribution in [0, 0.1) is 6.92 Å². The van der Waals surface area contributed by atoms with Crippen molar-refractivity contribution in [3.63, 3.8) is 0 Å². The van der Waals surface area contributed by atoms with Gasteiger partial charge in [-0.1, -0.05) is 54.1 Å². The van der Waals surface area contributed by atoms with Gasteiger partial charge in [0.1, 0.15) is 0 Å². The molecule has 0 fully saturated rings. The Morgan fingerprint density at radius 2 is 1.82 bits per heavy atom. The first-order valence-electron chi connectivity index (χ1n) is 8.95. The van der Waals surface area contributed by atoms with Crippen molar-refractivity contribution in [3.05, 3.63) is 82.5 Å². The van der Waals surface area contributed by atoms with Crippen molar-refractivity contribution in [2.24, 2.45) is 7.05 Å². The number of amides is 1. The van der Waals surface area contributed by atoms with Gasteiger partial charge in [0.15, 0.2) is 5.65 Å². The summed E-state index contributed by atoms with van der Waals surface area (Å²) in [6.07, 6.45) is 0. The second-order valence-corrected chi connectivity index (χ2v) is 7.07. The number of carbonyl (C=O) groups is 1. The van der Waals surface area contributed by atoms with Gasteiger partial charge in [-0.3, -0.25) is 9.48 Å². The number of nitrogens with one attached hydrogen (secondary N) is 1. The molecule has 0 aliphatic carbocycles. The quantitative estimate of drug-likeness (QED) is 0.557. The minimum absolute atomic E-state index is 0.157. The lowest BCUT2D eigenvalue weighted by atomic mass is 10.0. The topological polar surface area (TPSA) is 59.8 Å². The van der Waals surface area contributed by atoms with Gasteiger partial charge in [0, 0.05) is 24.2 Å². The number of aromatic nitrogens is 3. The highest BCUT2D eigenvalue weighted by molar-refractivity contribution is 6.30. The highest BCUT2D eigenvalue weighted by atomic mass is 35.5. The van der Waals surface area contributed by atoms with Gasteiger partial charge in [0.05, 0.1) is 22.3 Å².